The molecule has 1 aromatic carbocycles. The molecule has 6 heteroatoms. The average molecular weight is 343 g/mol. The van der Waals surface area contributed by atoms with Gasteiger partial charge in [0.05, 0.1) is 0 Å². The summed E-state index contributed by atoms with van der Waals surface area (Å²) in [5.74, 6) is 1.75. The van der Waals surface area contributed by atoms with Crippen LogP contribution in [-0.2, 0) is 4.79 Å². The van der Waals surface area contributed by atoms with E-state index < -0.39 is 0 Å². The van der Waals surface area contributed by atoms with Crippen LogP contribution < -0.4 is 16.0 Å². The van der Waals surface area contributed by atoms with Crippen molar-refractivity contribution in [3.8, 4) is 0 Å². The number of carbonyl (C=O) groups is 1. The van der Waals surface area contributed by atoms with E-state index in [-0.39, 0.29) is 11.8 Å². The number of hydrogen-bond acceptors (Lipinski definition) is 3. The van der Waals surface area contributed by atoms with E-state index in [0.29, 0.717) is 18.9 Å². The van der Waals surface area contributed by atoms with Gasteiger partial charge >= 0.3 is 0 Å². The monoisotopic (exact) mass is 343 g/mol. The molecule has 1 amide bonds. The summed E-state index contributed by atoms with van der Waals surface area (Å²) in [5.41, 5.74) is 2.13. The normalized spacial score (nSPS) is 23.9. The van der Waals surface area contributed by atoms with E-state index in [1.165, 1.54) is 12.0 Å². The van der Waals surface area contributed by atoms with Crippen LogP contribution in [0, 0.1) is 5.92 Å². The van der Waals surface area contributed by atoms with Crippen LogP contribution in [-0.4, -0.2) is 56.5 Å². The average Bonchev–Trinajstić information content (AvgIpc) is 3.02. The molecule has 3 rings (SSSR count). The van der Waals surface area contributed by atoms with Crippen LogP contribution in [0.4, 0.5) is 5.69 Å². The Morgan fingerprint density at radius 1 is 1.36 bits per heavy atom. The molecular weight excluding hydrogens is 314 g/mol. The summed E-state index contributed by atoms with van der Waals surface area (Å²) in [7, 11) is 2.17. The van der Waals surface area contributed by atoms with Crippen molar-refractivity contribution in [1.29, 1.82) is 0 Å². The Balaban J connectivity index is 1.60. The van der Waals surface area contributed by atoms with Crippen LogP contribution in [0.2, 0.25) is 0 Å². The molecule has 3 N–H and O–H groups in total. The minimum Gasteiger partial charge on any atom is -0.357 e. The van der Waals surface area contributed by atoms with Gasteiger partial charge in [0.1, 0.15) is 0 Å². The standard InChI is InChI=1S/C19H29N5O/c1-3-20-19(21-11-14-8-9-24(2)13-14)22-12-15-10-18(25)23-17-7-5-4-6-16(15)17/h4-7,14-15H,3,8-13H2,1-2H3,(H,23,25)(H2,20,21,22). The first kappa shape index (κ1) is 17.7. The Kier molecular flexibility index (Phi) is 5.91. The van der Waals surface area contributed by atoms with Gasteiger partial charge in [-0.15, -0.1) is 0 Å². The van der Waals surface area contributed by atoms with Gasteiger partial charge in [0.2, 0.25) is 5.91 Å². The zero-order valence-corrected chi connectivity index (χ0v) is 15.2. The fraction of sp³-hybridized carbons (Fsp3) is 0.579. The van der Waals surface area contributed by atoms with E-state index in [1.807, 2.05) is 18.2 Å². The van der Waals surface area contributed by atoms with Gasteiger partial charge in [0, 0.05) is 44.2 Å². The third-order valence-electron chi connectivity index (χ3n) is 4.96. The first-order valence-corrected chi connectivity index (χ1v) is 9.25. The molecule has 2 heterocycles. The first-order valence-electron chi connectivity index (χ1n) is 9.25. The van der Waals surface area contributed by atoms with Crippen LogP contribution in [0.15, 0.2) is 29.3 Å². The van der Waals surface area contributed by atoms with Gasteiger partial charge in [-0.1, -0.05) is 18.2 Å². The lowest BCUT2D eigenvalue weighted by Gasteiger charge is -2.26. The van der Waals surface area contributed by atoms with Gasteiger partial charge in [-0.3, -0.25) is 9.79 Å². The molecule has 0 aromatic heterocycles. The van der Waals surface area contributed by atoms with E-state index in [0.717, 1.165) is 37.8 Å². The number of hydrogen-bond donors (Lipinski definition) is 3. The van der Waals surface area contributed by atoms with Crippen molar-refractivity contribution in [2.45, 2.75) is 25.7 Å². The van der Waals surface area contributed by atoms with E-state index in [9.17, 15) is 4.79 Å². The number of nitrogens with one attached hydrogen (secondary N) is 3. The predicted octanol–water partition coefficient (Wildman–Crippen LogP) is 1.62. The van der Waals surface area contributed by atoms with E-state index >= 15 is 0 Å². The van der Waals surface area contributed by atoms with E-state index in [2.05, 4.69) is 40.9 Å². The van der Waals surface area contributed by atoms with E-state index in [4.69, 9.17) is 4.99 Å². The highest BCUT2D eigenvalue weighted by molar-refractivity contribution is 5.94. The Bertz CT molecular complexity index is 630. The predicted molar refractivity (Wildman–Crippen MR) is 102 cm³/mol. The van der Waals surface area contributed by atoms with Crippen LogP contribution in [0.3, 0.4) is 0 Å². The summed E-state index contributed by atoms with van der Waals surface area (Å²) in [6, 6.07) is 8.05. The largest absolute Gasteiger partial charge is 0.357 e. The summed E-state index contributed by atoms with van der Waals surface area (Å²) in [5, 5.41) is 9.70. The second-order valence-corrected chi connectivity index (χ2v) is 7.05. The molecule has 1 saturated heterocycles. The van der Waals surface area contributed by atoms with Crippen molar-refractivity contribution in [3.63, 3.8) is 0 Å². The molecule has 1 fully saturated rings. The number of aliphatic imine (C=N–C) groups is 1. The number of carbonyl (C=O) groups excluding carboxylic acids is 1. The van der Waals surface area contributed by atoms with Gasteiger partial charge in [-0.2, -0.15) is 0 Å². The molecule has 0 radical (unpaired) electrons. The van der Waals surface area contributed by atoms with Crippen molar-refractivity contribution >= 4 is 17.6 Å². The van der Waals surface area contributed by atoms with Gasteiger partial charge in [0.25, 0.3) is 0 Å². The molecule has 1 aromatic rings. The topological polar surface area (TPSA) is 68.8 Å². The summed E-state index contributed by atoms with van der Waals surface area (Å²) in [4.78, 5) is 19.1. The van der Waals surface area contributed by atoms with Gasteiger partial charge < -0.3 is 20.9 Å². The zero-order chi connectivity index (χ0) is 17.6. The third kappa shape index (κ3) is 4.72. The SMILES string of the molecule is CCNC(=NCC1CCN(C)C1)NCC1CC(=O)Nc2ccccc21. The molecule has 0 bridgehead atoms. The Morgan fingerprint density at radius 3 is 2.96 bits per heavy atom. The van der Waals surface area contributed by atoms with E-state index in [1.54, 1.807) is 0 Å². The number of para-hydroxylation sites is 1. The van der Waals surface area contributed by atoms with Crippen molar-refractivity contribution in [2.75, 3.05) is 45.1 Å². The van der Waals surface area contributed by atoms with Gasteiger partial charge in [-0.05, 0) is 44.5 Å². The summed E-state index contributed by atoms with van der Waals surface area (Å²) in [6.07, 6.45) is 1.73. The number of fused-ring (bicyclic) bond motifs is 1. The maximum atomic E-state index is 11.9. The fourth-order valence-electron chi connectivity index (χ4n) is 3.64. The lowest BCUT2D eigenvalue weighted by atomic mass is 9.90. The molecular formula is C19H29N5O. The molecule has 0 saturated carbocycles. The molecule has 2 unspecified atom stereocenters. The summed E-state index contributed by atoms with van der Waals surface area (Å²) < 4.78 is 0. The number of nitrogens with zero attached hydrogens (tertiary/aromatic N) is 2. The molecule has 0 aliphatic carbocycles. The highest BCUT2D eigenvalue weighted by Crippen LogP contribution is 2.31. The molecule has 2 aliphatic heterocycles. The highest BCUT2D eigenvalue weighted by Gasteiger charge is 2.25. The maximum Gasteiger partial charge on any atom is 0.225 e. The zero-order valence-electron chi connectivity index (χ0n) is 15.2. The lowest BCUT2D eigenvalue weighted by Crippen LogP contribution is -2.41. The Hall–Kier alpha value is -2.08. The smallest absolute Gasteiger partial charge is 0.225 e. The molecule has 2 atom stereocenters. The number of anilines is 1. The highest BCUT2D eigenvalue weighted by atomic mass is 16.1. The van der Waals surface area contributed by atoms with Crippen molar-refractivity contribution in [3.05, 3.63) is 29.8 Å². The molecule has 0 spiro atoms. The lowest BCUT2D eigenvalue weighted by molar-refractivity contribution is -0.116. The number of benzene rings is 1. The fourth-order valence-corrected chi connectivity index (χ4v) is 3.64. The Morgan fingerprint density at radius 2 is 2.20 bits per heavy atom. The van der Waals surface area contributed by atoms with Crippen molar-refractivity contribution in [2.24, 2.45) is 10.9 Å². The van der Waals surface area contributed by atoms with Crippen LogP contribution in [0.5, 0.6) is 0 Å². The molecule has 136 valence electrons. The maximum absolute atomic E-state index is 11.9. The number of guanidine groups is 1. The second-order valence-electron chi connectivity index (χ2n) is 7.05. The first-order chi connectivity index (χ1) is 12.2. The number of rotatable bonds is 5. The molecule has 2 aliphatic rings. The van der Waals surface area contributed by atoms with Crippen LogP contribution in [0.25, 0.3) is 0 Å². The van der Waals surface area contributed by atoms with Crippen LogP contribution in [0.1, 0.15) is 31.2 Å². The van der Waals surface area contributed by atoms with Crippen LogP contribution >= 0.6 is 0 Å². The van der Waals surface area contributed by atoms with Crippen molar-refractivity contribution in [1.82, 2.24) is 15.5 Å². The second kappa shape index (κ2) is 8.34. The quantitative estimate of drug-likeness (QED) is 0.561. The van der Waals surface area contributed by atoms with Gasteiger partial charge in [-0.25, -0.2) is 0 Å². The Labute approximate surface area is 150 Å². The van der Waals surface area contributed by atoms with Gasteiger partial charge in [0.15, 0.2) is 5.96 Å². The number of likely N-dealkylation sites (tertiary alicyclic amines) is 1. The number of amides is 1. The summed E-state index contributed by atoms with van der Waals surface area (Å²) >= 11 is 0. The summed E-state index contributed by atoms with van der Waals surface area (Å²) in [6.45, 7) is 6.75. The van der Waals surface area contributed by atoms with Crippen molar-refractivity contribution < 1.29 is 4.79 Å². The third-order valence-corrected chi connectivity index (χ3v) is 4.96. The molecule has 25 heavy (non-hydrogen) atoms. The molecule has 6 nitrogen and oxygen atoms in total. The minimum absolute atomic E-state index is 0.0847. The minimum atomic E-state index is 0.0847.